The average molecular weight is 207 g/mol. The topological polar surface area (TPSA) is 68.0 Å². The van der Waals surface area contributed by atoms with E-state index in [0.717, 1.165) is 11.4 Å². The van der Waals surface area contributed by atoms with Gasteiger partial charge in [-0.2, -0.15) is 0 Å². The molecule has 0 bridgehead atoms. The molecule has 0 aliphatic heterocycles. The van der Waals surface area contributed by atoms with Crippen molar-refractivity contribution < 1.29 is 4.79 Å². The number of primary amides is 1. The van der Waals surface area contributed by atoms with Gasteiger partial charge in [0.25, 0.3) is 5.91 Å². The molecule has 0 aliphatic carbocycles. The molecule has 3 N–H and O–H groups in total. The standard InChI is InChI=1S/C11H17N3O/c1-4-8-10(11(12)15)9(5-6-13-8)14-7(2)3/h5-7H,4H2,1-3H3,(H2,12,15)(H,13,14). The minimum absolute atomic E-state index is 0.259. The van der Waals surface area contributed by atoms with Gasteiger partial charge in [-0.15, -0.1) is 0 Å². The summed E-state index contributed by atoms with van der Waals surface area (Å²) in [6, 6.07) is 2.04. The number of hydrogen-bond donors (Lipinski definition) is 2. The van der Waals surface area contributed by atoms with E-state index in [1.165, 1.54) is 0 Å². The van der Waals surface area contributed by atoms with Crippen LogP contribution in [0.1, 0.15) is 36.8 Å². The fourth-order valence-electron chi connectivity index (χ4n) is 1.48. The van der Waals surface area contributed by atoms with Crippen molar-refractivity contribution in [3.8, 4) is 0 Å². The molecule has 0 saturated heterocycles. The molecule has 0 atom stereocenters. The van der Waals surface area contributed by atoms with E-state index in [1.807, 2.05) is 20.8 Å². The molecule has 1 aromatic heterocycles. The van der Waals surface area contributed by atoms with E-state index in [-0.39, 0.29) is 6.04 Å². The lowest BCUT2D eigenvalue weighted by Crippen LogP contribution is -2.20. The second kappa shape index (κ2) is 4.77. The molecule has 4 nitrogen and oxygen atoms in total. The third kappa shape index (κ3) is 2.68. The minimum Gasteiger partial charge on any atom is -0.382 e. The first-order valence-corrected chi connectivity index (χ1v) is 5.10. The summed E-state index contributed by atoms with van der Waals surface area (Å²) in [7, 11) is 0. The van der Waals surface area contributed by atoms with Gasteiger partial charge in [-0.25, -0.2) is 0 Å². The van der Waals surface area contributed by atoms with Crippen molar-refractivity contribution >= 4 is 11.6 Å². The van der Waals surface area contributed by atoms with Crippen LogP contribution in [0.25, 0.3) is 0 Å². The Bertz CT molecular complexity index is 361. The number of hydrogen-bond acceptors (Lipinski definition) is 3. The van der Waals surface area contributed by atoms with Gasteiger partial charge in [0, 0.05) is 12.2 Å². The van der Waals surface area contributed by atoms with Crippen LogP contribution in [0.4, 0.5) is 5.69 Å². The van der Waals surface area contributed by atoms with Crippen molar-refractivity contribution in [1.82, 2.24) is 4.98 Å². The van der Waals surface area contributed by atoms with Gasteiger partial charge in [0.2, 0.25) is 0 Å². The molecule has 0 radical (unpaired) electrons. The molecule has 1 heterocycles. The average Bonchev–Trinajstić information content (AvgIpc) is 2.15. The molecular weight excluding hydrogens is 190 g/mol. The molecule has 0 fully saturated rings. The van der Waals surface area contributed by atoms with Crippen molar-refractivity contribution in [2.45, 2.75) is 33.2 Å². The zero-order valence-electron chi connectivity index (χ0n) is 9.37. The molecule has 0 saturated carbocycles. The van der Waals surface area contributed by atoms with Gasteiger partial charge >= 0.3 is 0 Å². The third-order valence-electron chi connectivity index (χ3n) is 2.05. The van der Waals surface area contributed by atoms with E-state index < -0.39 is 5.91 Å². The highest BCUT2D eigenvalue weighted by atomic mass is 16.1. The van der Waals surface area contributed by atoms with E-state index in [1.54, 1.807) is 12.3 Å². The number of carbonyl (C=O) groups is 1. The molecule has 0 spiro atoms. The Labute approximate surface area is 89.9 Å². The van der Waals surface area contributed by atoms with Crippen LogP contribution in [0.3, 0.4) is 0 Å². The molecule has 1 amide bonds. The summed E-state index contributed by atoms with van der Waals surface area (Å²) in [4.78, 5) is 15.5. The third-order valence-corrected chi connectivity index (χ3v) is 2.05. The van der Waals surface area contributed by atoms with Gasteiger partial charge < -0.3 is 11.1 Å². The molecular formula is C11H17N3O. The number of anilines is 1. The normalized spacial score (nSPS) is 10.4. The van der Waals surface area contributed by atoms with E-state index in [9.17, 15) is 4.79 Å². The largest absolute Gasteiger partial charge is 0.382 e. The summed E-state index contributed by atoms with van der Waals surface area (Å²) < 4.78 is 0. The van der Waals surface area contributed by atoms with Crippen molar-refractivity contribution in [3.63, 3.8) is 0 Å². The summed E-state index contributed by atoms with van der Waals surface area (Å²) in [5, 5.41) is 3.19. The fraction of sp³-hybridized carbons (Fsp3) is 0.455. The van der Waals surface area contributed by atoms with E-state index in [4.69, 9.17) is 5.73 Å². The Morgan fingerprint density at radius 1 is 1.60 bits per heavy atom. The summed E-state index contributed by atoms with van der Waals surface area (Å²) >= 11 is 0. The van der Waals surface area contributed by atoms with Crippen LogP contribution < -0.4 is 11.1 Å². The lowest BCUT2D eigenvalue weighted by Gasteiger charge is -2.14. The van der Waals surface area contributed by atoms with Crippen LogP contribution in [0.15, 0.2) is 12.3 Å². The van der Waals surface area contributed by atoms with E-state index in [0.29, 0.717) is 12.0 Å². The molecule has 4 heteroatoms. The summed E-state index contributed by atoms with van der Waals surface area (Å²) in [5.41, 5.74) is 7.37. The molecule has 1 aromatic rings. The molecule has 0 unspecified atom stereocenters. The van der Waals surface area contributed by atoms with E-state index >= 15 is 0 Å². The lowest BCUT2D eigenvalue weighted by molar-refractivity contribution is 0.1000. The number of nitrogens with two attached hydrogens (primary N) is 1. The second-order valence-corrected chi connectivity index (χ2v) is 3.70. The number of rotatable bonds is 4. The number of pyridine rings is 1. The van der Waals surface area contributed by atoms with Gasteiger partial charge in [0.15, 0.2) is 0 Å². The minimum atomic E-state index is -0.428. The van der Waals surface area contributed by atoms with Crippen molar-refractivity contribution in [3.05, 3.63) is 23.5 Å². The highest BCUT2D eigenvalue weighted by Gasteiger charge is 2.13. The SMILES string of the molecule is CCc1nccc(NC(C)C)c1C(N)=O. The van der Waals surface area contributed by atoms with Crippen LogP contribution >= 0.6 is 0 Å². The fourth-order valence-corrected chi connectivity index (χ4v) is 1.48. The maximum Gasteiger partial charge on any atom is 0.252 e. The zero-order valence-corrected chi connectivity index (χ0v) is 9.37. The quantitative estimate of drug-likeness (QED) is 0.787. The second-order valence-electron chi connectivity index (χ2n) is 3.70. The summed E-state index contributed by atoms with van der Waals surface area (Å²) in [5.74, 6) is -0.428. The predicted molar refractivity (Wildman–Crippen MR) is 60.9 cm³/mol. The Kier molecular flexibility index (Phi) is 3.66. The summed E-state index contributed by atoms with van der Waals surface area (Å²) in [6.45, 7) is 5.97. The van der Waals surface area contributed by atoms with Crippen LogP contribution in [0.2, 0.25) is 0 Å². The monoisotopic (exact) mass is 207 g/mol. The molecule has 15 heavy (non-hydrogen) atoms. The van der Waals surface area contributed by atoms with Crippen LogP contribution in [-0.2, 0) is 6.42 Å². The molecule has 1 rings (SSSR count). The van der Waals surface area contributed by atoms with Crippen LogP contribution in [0, 0.1) is 0 Å². The number of amides is 1. The maximum atomic E-state index is 11.3. The number of nitrogens with zero attached hydrogens (tertiary/aromatic N) is 1. The number of aryl methyl sites for hydroxylation is 1. The number of nitrogens with one attached hydrogen (secondary N) is 1. The number of aromatic nitrogens is 1. The molecule has 82 valence electrons. The van der Waals surface area contributed by atoms with E-state index in [2.05, 4.69) is 10.3 Å². The smallest absolute Gasteiger partial charge is 0.252 e. The van der Waals surface area contributed by atoms with Gasteiger partial charge in [0.1, 0.15) is 0 Å². The number of carbonyl (C=O) groups excluding carboxylic acids is 1. The highest BCUT2D eigenvalue weighted by molar-refractivity contribution is 5.99. The Morgan fingerprint density at radius 2 is 2.27 bits per heavy atom. The highest BCUT2D eigenvalue weighted by Crippen LogP contribution is 2.18. The van der Waals surface area contributed by atoms with Crippen LogP contribution in [0.5, 0.6) is 0 Å². The van der Waals surface area contributed by atoms with Gasteiger partial charge in [-0.05, 0) is 26.3 Å². The van der Waals surface area contributed by atoms with Gasteiger partial charge in [-0.1, -0.05) is 6.92 Å². The van der Waals surface area contributed by atoms with Gasteiger partial charge in [-0.3, -0.25) is 9.78 Å². The van der Waals surface area contributed by atoms with Gasteiger partial charge in [0.05, 0.1) is 16.9 Å². The van der Waals surface area contributed by atoms with Crippen LogP contribution in [-0.4, -0.2) is 16.9 Å². The van der Waals surface area contributed by atoms with Crippen molar-refractivity contribution in [2.24, 2.45) is 5.73 Å². The predicted octanol–water partition coefficient (Wildman–Crippen LogP) is 1.56. The first-order chi connectivity index (χ1) is 7.06. The first-order valence-electron chi connectivity index (χ1n) is 5.10. The zero-order chi connectivity index (χ0) is 11.4. The molecule has 0 aliphatic rings. The Hall–Kier alpha value is -1.58. The van der Waals surface area contributed by atoms with Crippen molar-refractivity contribution in [2.75, 3.05) is 5.32 Å². The Balaban J connectivity index is 3.19. The lowest BCUT2D eigenvalue weighted by atomic mass is 10.1. The molecule has 0 aromatic carbocycles. The first kappa shape index (κ1) is 11.5. The maximum absolute atomic E-state index is 11.3. The van der Waals surface area contributed by atoms with Crippen molar-refractivity contribution in [1.29, 1.82) is 0 Å². The summed E-state index contributed by atoms with van der Waals surface area (Å²) in [6.07, 6.45) is 2.39. The Morgan fingerprint density at radius 3 is 2.73 bits per heavy atom.